The first-order valence-corrected chi connectivity index (χ1v) is 7.16. The van der Waals surface area contributed by atoms with Gasteiger partial charge in [0.1, 0.15) is 5.75 Å². The molecule has 0 amide bonds. The summed E-state index contributed by atoms with van der Waals surface area (Å²) in [5, 5.41) is 0.579. The molecule has 0 heterocycles. The highest BCUT2D eigenvalue weighted by atomic mass is 35.5. The molecule has 0 N–H and O–H groups in total. The Balaban J connectivity index is 2.35. The lowest BCUT2D eigenvalue weighted by molar-refractivity contribution is 0.0732. The second-order valence-corrected chi connectivity index (χ2v) is 5.15. The molecule has 0 saturated heterocycles. The minimum atomic E-state index is -0.533. The lowest BCUT2D eigenvalue weighted by Gasteiger charge is -2.14. The molecule has 23 heavy (non-hydrogen) atoms. The van der Waals surface area contributed by atoms with E-state index in [1.807, 2.05) is 6.92 Å². The van der Waals surface area contributed by atoms with Crippen LogP contribution in [0.3, 0.4) is 0 Å². The van der Waals surface area contributed by atoms with E-state index in [0.717, 1.165) is 5.56 Å². The van der Waals surface area contributed by atoms with Crippen molar-refractivity contribution in [2.75, 3.05) is 21.3 Å². The summed E-state index contributed by atoms with van der Waals surface area (Å²) in [5.74, 6) is 1.08. The van der Waals surface area contributed by atoms with Gasteiger partial charge in [-0.25, -0.2) is 4.79 Å². The summed E-state index contributed by atoms with van der Waals surface area (Å²) < 4.78 is 21.1. The zero-order valence-corrected chi connectivity index (χ0v) is 14.1. The fraction of sp³-hybridized carbons (Fsp3) is 0.235. The van der Waals surface area contributed by atoms with Crippen LogP contribution in [0.1, 0.15) is 15.9 Å². The van der Waals surface area contributed by atoms with Gasteiger partial charge in [-0.15, -0.1) is 0 Å². The molecule has 0 spiro atoms. The van der Waals surface area contributed by atoms with Crippen LogP contribution in [0.25, 0.3) is 0 Å². The number of halogens is 1. The van der Waals surface area contributed by atoms with Crippen molar-refractivity contribution in [3.8, 4) is 23.0 Å². The highest BCUT2D eigenvalue weighted by Gasteiger charge is 2.18. The summed E-state index contributed by atoms with van der Waals surface area (Å²) in [4.78, 5) is 12.4. The molecule has 0 aliphatic carbocycles. The number of benzene rings is 2. The Morgan fingerprint density at radius 2 is 1.52 bits per heavy atom. The number of aryl methyl sites for hydroxylation is 1. The van der Waals surface area contributed by atoms with Gasteiger partial charge in [0, 0.05) is 5.02 Å². The molecule has 0 bridgehead atoms. The zero-order chi connectivity index (χ0) is 17.0. The van der Waals surface area contributed by atoms with Gasteiger partial charge >= 0.3 is 5.97 Å². The number of carbonyl (C=O) groups excluding carboxylic acids is 1. The molecule has 0 fully saturated rings. The van der Waals surface area contributed by atoms with Crippen LogP contribution in [0.15, 0.2) is 30.3 Å². The van der Waals surface area contributed by atoms with E-state index >= 15 is 0 Å². The van der Waals surface area contributed by atoms with E-state index in [1.54, 1.807) is 18.2 Å². The maximum absolute atomic E-state index is 12.4. The molecule has 122 valence electrons. The Kier molecular flexibility index (Phi) is 5.34. The van der Waals surface area contributed by atoms with Gasteiger partial charge in [-0.3, -0.25) is 0 Å². The van der Waals surface area contributed by atoms with Gasteiger partial charge in [0.25, 0.3) is 0 Å². The summed E-state index contributed by atoms with van der Waals surface area (Å²) in [6, 6.07) is 8.10. The van der Waals surface area contributed by atoms with Crippen molar-refractivity contribution in [2.45, 2.75) is 6.92 Å². The summed E-state index contributed by atoms with van der Waals surface area (Å²) in [7, 11) is 4.46. The lowest BCUT2D eigenvalue weighted by Crippen LogP contribution is -2.10. The fourth-order valence-electron chi connectivity index (χ4n) is 2.09. The quantitative estimate of drug-likeness (QED) is 0.612. The van der Waals surface area contributed by atoms with Crippen LogP contribution in [-0.2, 0) is 0 Å². The van der Waals surface area contributed by atoms with Crippen LogP contribution in [0, 0.1) is 6.92 Å². The molecule has 0 aliphatic rings. The van der Waals surface area contributed by atoms with Crippen molar-refractivity contribution in [2.24, 2.45) is 0 Å². The number of hydrogen-bond donors (Lipinski definition) is 0. The molecular formula is C17H17ClO5. The predicted octanol–water partition coefficient (Wildman–Crippen LogP) is 3.89. The average Bonchev–Trinajstić information content (AvgIpc) is 2.55. The summed E-state index contributed by atoms with van der Waals surface area (Å²) in [6.45, 7) is 1.81. The predicted molar refractivity (Wildman–Crippen MR) is 87.2 cm³/mol. The number of rotatable bonds is 5. The Morgan fingerprint density at radius 3 is 2.00 bits per heavy atom. The van der Waals surface area contributed by atoms with Crippen LogP contribution in [-0.4, -0.2) is 27.3 Å². The highest BCUT2D eigenvalue weighted by Crippen LogP contribution is 2.38. The molecule has 2 rings (SSSR count). The monoisotopic (exact) mass is 336 g/mol. The van der Waals surface area contributed by atoms with Crippen LogP contribution >= 0.6 is 11.6 Å². The molecule has 2 aromatic carbocycles. The molecule has 0 atom stereocenters. The van der Waals surface area contributed by atoms with E-state index in [9.17, 15) is 4.79 Å². The lowest BCUT2D eigenvalue weighted by atomic mass is 10.1. The fourth-order valence-corrected chi connectivity index (χ4v) is 2.31. The van der Waals surface area contributed by atoms with Gasteiger partial charge < -0.3 is 18.9 Å². The van der Waals surface area contributed by atoms with E-state index in [-0.39, 0.29) is 5.56 Å². The Morgan fingerprint density at radius 1 is 0.913 bits per heavy atom. The standard InChI is InChI=1S/C17H17ClO5/c1-10-7-12(18)5-6-13(10)23-17(19)11-8-14(20-2)16(22-4)15(9-11)21-3/h5-9H,1-4H3. The second kappa shape index (κ2) is 7.24. The number of methoxy groups -OCH3 is 3. The first-order valence-electron chi connectivity index (χ1n) is 6.78. The third kappa shape index (κ3) is 3.68. The summed E-state index contributed by atoms with van der Waals surface area (Å²) in [5.41, 5.74) is 1.05. The number of ether oxygens (including phenoxy) is 4. The van der Waals surface area contributed by atoms with Gasteiger partial charge in [0.05, 0.1) is 26.9 Å². The SMILES string of the molecule is COc1cc(C(=O)Oc2ccc(Cl)cc2C)cc(OC)c1OC. The van der Waals surface area contributed by atoms with Crippen LogP contribution < -0.4 is 18.9 Å². The molecule has 2 aromatic rings. The van der Waals surface area contributed by atoms with Crippen molar-refractivity contribution in [1.29, 1.82) is 0 Å². The highest BCUT2D eigenvalue weighted by molar-refractivity contribution is 6.30. The average molecular weight is 337 g/mol. The molecule has 0 aromatic heterocycles. The van der Waals surface area contributed by atoms with Gasteiger partial charge in [-0.2, -0.15) is 0 Å². The van der Waals surface area contributed by atoms with Crippen molar-refractivity contribution in [3.05, 3.63) is 46.5 Å². The minimum Gasteiger partial charge on any atom is -0.493 e. The molecular weight excluding hydrogens is 320 g/mol. The molecule has 0 aliphatic heterocycles. The maximum Gasteiger partial charge on any atom is 0.343 e. The van der Waals surface area contributed by atoms with Crippen molar-refractivity contribution in [3.63, 3.8) is 0 Å². The van der Waals surface area contributed by atoms with E-state index in [2.05, 4.69) is 0 Å². The van der Waals surface area contributed by atoms with Gasteiger partial charge in [-0.1, -0.05) is 11.6 Å². The molecule has 0 radical (unpaired) electrons. The molecule has 0 unspecified atom stereocenters. The largest absolute Gasteiger partial charge is 0.493 e. The Labute approximate surface area is 139 Å². The smallest absolute Gasteiger partial charge is 0.343 e. The van der Waals surface area contributed by atoms with Crippen molar-refractivity contribution < 1.29 is 23.7 Å². The van der Waals surface area contributed by atoms with E-state index in [4.69, 9.17) is 30.5 Å². The second-order valence-electron chi connectivity index (χ2n) is 4.71. The van der Waals surface area contributed by atoms with Crippen molar-refractivity contribution in [1.82, 2.24) is 0 Å². The zero-order valence-electron chi connectivity index (χ0n) is 13.3. The van der Waals surface area contributed by atoms with Gasteiger partial charge in [-0.05, 0) is 42.8 Å². The summed E-state index contributed by atoms with van der Waals surface area (Å²) >= 11 is 5.90. The van der Waals surface area contributed by atoms with Crippen LogP contribution in [0.2, 0.25) is 5.02 Å². The summed E-state index contributed by atoms with van der Waals surface area (Å²) in [6.07, 6.45) is 0. The molecule has 6 heteroatoms. The minimum absolute atomic E-state index is 0.286. The third-order valence-electron chi connectivity index (χ3n) is 3.24. The number of esters is 1. The molecule has 0 saturated carbocycles. The van der Waals surface area contributed by atoms with Crippen LogP contribution in [0.5, 0.6) is 23.0 Å². The van der Waals surface area contributed by atoms with E-state index in [1.165, 1.54) is 33.5 Å². The normalized spacial score (nSPS) is 10.1. The van der Waals surface area contributed by atoms with Gasteiger partial charge in [0.2, 0.25) is 5.75 Å². The number of carbonyl (C=O) groups is 1. The third-order valence-corrected chi connectivity index (χ3v) is 3.48. The number of hydrogen-bond acceptors (Lipinski definition) is 5. The van der Waals surface area contributed by atoms with Gasteiger partial charge in [0.15, 0.2) is 11.5 Å². The van der Waals surface area contributed by atoms with E-state index in [0.29, 0.717) is 28.0 Å². The molecule has 5 nitrogen and oxygen atoms in total. The first-order chi connectivity index (χ1) is 11.0. The maximum atomic E-state index is 12.4. The Hall–Kier alpha value is -2.40. The van der Waals surface area contributed by atoms with E-state index < -0.39 is 5.97 Å². The van der Waals surface area contributed by atoms with Crippen molar-refractivity contribution >= 4 is 17.6 Å². The Bertz CT molecular complexity index is 702. The topological polar surface area (TPSA) is 54.0 Å². The first kappa shape index (κ1) is 17.0. The van der Waals surface area contributed by atoms with Crippen LogP contribution in [0.4, 0.5) is 0 Å².